The van der Waals surface area contributed by atoms with Crippen LogP contribution >= 0.6 is 0 Å². The Morgan fingerprint density at radius 3 is 2.83 bits per heavy atom. The van der Waals surface area contributed by atoms with Crippen molar-refractivity contribution in [2.45, 2.75) is 25.3 Å². The van der Waals surface area contributed by atoms with E-state index >= 15 is 0 Å². The first-order valence-electron chi connectivity index (χ1n) is 6.31. The highest BCUT2D eigenvalue weighted by Gasteiger charge is 2.36. The van der Waals surface area contributed by atoms with Gasteiger partial charge in [-0.1, -0.05) is 0 Å². The van der Waals surface area contributed by atoms with E-state index in [1.165, 1.54) is 4.31 Å². The van der Waals surface area contributed by atoms with E-state index in [1.807, 2.05) is 0 Å². The van der Waals surface area contributed by atoms with Crippen LogP contribution in [0.2, 0.25) is 0 Å². The van der Waals surface area contributed by atoms with Crippen molar-refractivity contribution in [3.05, 3.63) is 0 Å². The summed E-state index contributed by atoms with van der Waals surface area (Å²) in [7, 11) is -3.29. The first-order chi connectivity index (χ1) is 8.48. The minimum Gasteiger partial charge on any atom is -0.381 e. The molecular weight excluding hydrogens is 256 g/mol. The van der Waals surface area contributed by atoms with Crippen LogP contribution in [0.25, 0.3) is 0 Å². The lowest BCUT2D eigenvalue weighted by atomic mass is 10.1. The van der Waals surface area contributed by atoms with Crippen molar-refractivity contribution in [1.29, 1.82) is 0 Å². The largest absolute Gasteiger partial charge is 0.381 e. The number of sulfonamides is 1. The van der Waals surface area contributed by atoms with Crippen LogP contribution in [0, 0.1) is 5.92 Å². The molecule has 0 unspecified atom stereocenters. The zero-order valence-corrected chi connectivity index (χ0v) is 11.4. The van der Waals surface area contributed by atoms with Gasteiger partial charge in [-0.3, -0.25) is 4.79 Å². The molecule has 0 bridgehead atoms. The van der Waals surface area contributed by atoms with Gasteiger partial charge in [0.05, 0.1) is 12.9 Å². The summed E-state index contributed by atoms with van der Waals surface area (Å²) in [4.78, 5) is 12.0. The van der Waals surface area contributed by atoms with Crippen LogP contribution in [0.3, 0.4) is 0 Å². The molecule has 0 aromatic heterocycles. The summed E-state index contributed by atoms with van der Waals surface area (Å²) in [5.41, 5.74) is 0. The summed E-state index contributed by atoms with van der Waals surface area (Å²) in [6, 6.07) is -0.526. The fraction of sp³-hybridized carbons (Fsp3) is 0.909. The summed E-state index contributed by atoms with van der Waals surface area (Å²) in [6.07, 6.45) is 3.47. The maximum atomic E-state index is 12.0. The third kappa shape index (κ3) is 3.21. The van der Waals surface area contributed by atoms with Gasteiger partial charge in [-0.05, 0) is 19.3 Å². The van der Waals surface area contributed by atoms with Gasteiger partial charge in [0.25, 0.3) is 0 Å². The molecule has 0 aromatic carbocycles. The number of ether oxygens (including phenoxy) is 1. The molecule has 0 spiro atoms. The van der Waals surface area contributed by atoms with Crippen molar-refractivity contribution in [3.8, 4) is 0 Å². The maximum absolute atomic E-state index is 12.0. The number of nitrogens with zero attached hydrogens (tertiary/aromatic N) is 1. The van der Waals surface area contributed by atoms with Crippen molar-refractivity contribution in [3.63, 3.8) is 0 Å². The van der Waals surface area contributed by atoms with Gasteiger partial charge >= 0.3 is 0 Å². The van der Waals surface area contributed by atoms with Gasteiger partial charge in [0.1, 0.15) is 6.04 Å². The highest BCUT2D eigenvalue weighted by molar-refractivity contribution is 7.88. The molecule has 1 N–H and O–H groups in total. The van der Waals surface area contributed by atoms with Crippen LogP contribution in [-0.2, 0) is 19.6 Å². The van der Waals surface area contributed by atoms with E-state index in [9.17, 15) is 13.2 Å². The van der Waals surface area contributed by atoms with Gasteiger partial charge in [0.2, 0.25) is 15.9 Å². The van der Waals surface area contributed by atoms with E-state index in [0.29, 0.717) is 32.0 Å². The summed E-state index contributed by atoms with van der Waals surface area (Å²) in [5, 5.41) is 2.84. The number of carbonyl (C=O) groups excluding carboxylic acids is 1. The minimum atomic E-state index is -3.29. The molecule has 6 nitrogen and oxygen atoms in total. The average Bonchev–Trinajstić information content (AvgIpc) is 2.95. The molecule has 0 radical (unpaired) electrons. The van der Waals surface area contributed by atoms with E-state index in [0.717, 1.165) is 25.7 Å². The van der Waals surface area contributed by atoms with Gasteiger partial charge in [-0.2, -0.15) is 4.31 Å². The van der Waals surface area contributed by atoms with Crippen molar-refractivity contribution >= 4 is 15.9 Å². The molecule has 2 heterocycles. The number of amides is 1. The molecule has 2 saturated heterocycles. The van der Waals surface area contributed by atoms with Crippen molar-refractivity contribution in [1.82, 2.24) is 9.62 Å². The number of nitrogens with one attached hydrogen (secondary N) is 1. The molecule has 0 aliphatic carbocycles. The molecule has 104 valence electrons. The van der Waals surface area contributed by atoms with Gasteiger partial charge in [0.15, 0.2) is 0 Å². The summed E-state index contributed by atoms with van der Waals surface area (Å²) < 4.78 is 29.6. The fourth-order valence-corrected chi connectivity index (χ4v) is 3.63. The first kappa shape index (κ1) is 13.8. The Morgan fingerprint density at radius 2 is 2.22 bits per heavy atom. The van der Waals surface area contributed by atoms with Crippen molar-refractivity contribution < 1.29 is 17.9 Å². The second-order valence-corrected chi connectivity index (χ2v) is 6.94. The van der Waals surface area contributed by atoms with E-state index in [4.69, 9.17) is 4.74 Å². The van der Waals surface area contributed by atoms with E-state index < -0.39 is 16.1 Å². The maximum Gasteiger partial charge on any atom is 0.238 e. The molecule has 2 aliphatic heterocycles. The van der Waals surface area contributed by atoms with Crippen LogP contribution in [-0.4, -0.2) is 57.2 Å². The van der Waals surface area contributed by atoms with Crippen LogP contribution in [0.1, 0.15) is 19.3 Å². The van der Waals surface area contributed by atoms with Crippen molar-refractivity contribution in [2.24, 2.45) is 5.92 Å². The Morgan fingerprint density at radius 1 is 1.44 bits per heavy atom. The summed E-state index contributed by atoms with van der Waals surface area (Å²) in [5.74, 6) is 0.187. The standard InChI is InChI=1S/C11H20N2O4S/c1-18(15,16)13-5-2-3-10(13)11(14)12-7-9-4-6-17-8-9/h9-10H,2-8H2,1H3,(H,12,14)/t9-,10+/m1/s1. The zero-order chi connectivity index (χ0) is 13.2. The van der Waals surface area contributed by atoms with Crippen LogP contribution in [0.4, 0.5) is 0 Å². The minimum absolute atomic E-state index is 0.176. The second-order valence-electron chi connectivity index (χ2n) is 5.01. The molecule has 0 aromatic rings. The SMILES string of the molecule is CS(=O)(=O)N1CCC[C@H]1C(=O)NC[C@H]1CCOC1. The topological polar surface area (TPSA) is 75.7 Å². The smallest absolute Gasteiger partial charge is 0.238 e. The first-order valence-corrected chi connectivity index (χ1v) is 8.15. The quantitative estimate of drug-likeness (QED) is 0.755. The van der Waals surface area contributed by atoms with E-state index in [2.05, 4.69) is 5.32 Å². The van der Waals surface area contributed by atoms with Crippen molar-refractivity contribution in [2.75, 3.05) is 32.6 Å². The van der Waals surface area contributed by atoms with Crippen LogP contribution < -0.4 is 5.32 Å². The van der Waals surface area contributed by atoms with Gasteiger partial charge in [-0.15, -0.1) is 0 Å². The van der Waals surface area contributed by atoms with Gasteiger partial charge < -0.3 is 10.1 Å². The molecule has 2 aliphatic rings. The average molecular weight is 276 g/mol. The summed E-state index contributed by atoms with van der Waals surface area (Å²) >= 11 is 0. The second kappa shape index (κ2) is 5.54. The Balaban J connectivity index is 1.87. The molecule has 2 atom stereocenters. The molecule has 18 heavy (non-hydrogen) atoms. The predicted octanol–water partition coefficient (Wildman–Crippen LogP) is -0.437. The molecule has 2 rings (SSSR count). The fourth-order valence-electron chi connectivity index (χ4n) is 2.51. The molecular formula is C11H20N2O4S. The van der Waals surface area contributed by atoms with Gasteiger partial charge in [-0.25, -0.2) is 8.42 Å². The normalized spacial score (nSPS) is 29.6. The predicted molar refractivity (Wildman–Crippen MR) is 66.5 cm³/mol. The molecule has 1 amide bonds. The zero-order valence-electron chi connectivity index (χ0n) is 10.6. The van der Waals surface area contributed by atoms with Crippen LogP contribution in [0.5, 0.6) is 0 Å². The van der Waals surface area contributed by atoms with Gasteiger partial charge in [0, 0.05) is 25.6 Å². The molecule has 0 saturated carbocycles. The highest BCUT2D eigenvalue weighted by atomic mass is 32.2. The third-order valence-corrected chi connectivity index (χ3v) is 4.81. The lowest BCUT2D eigenvalue weighted by Crippen LogP contribution is -2.46. The number of carbonyl (C=O) groups is 1. The lowest BCUT2D eigenvalue weighted by molar-refractivity contribution is -0.124. The van der Waals surface area contributed by atoms with E-state index in [1.54, 1.807) is 0 Å². The third-order valence-electron chi connectivity index (χ3n) is 3.52. The van der Waals surface area contributed by atoms with E-state index in [-0.39, 0.29) is 5.91 Å². The molecule has 7 heteroatoms. The number of rotatable bonds is 4. The lowest BCUT2D eigenvalue weighted by Gasteiger charge is -2.22. The number of hydrogen-bond acceptors (Lipinski definition) is 4. The Kier molecular flexibility index (Phi) is 4.24. The number of hydrogen-bond donors (Lipinski definition) is 1. The Hall–Kier alpha value is -0.660. The van der Waals surface area contributed by atoms with Crippen LogP contribution in [0.15, 0.2) is 0 Å². The monoisotopic (exact) mass is 276 g/mol. The highest BCUT2D eigenvalue weighted by Crippen LogP contribution is 2.20. The molecule has 2 fully saturated rings. The Bertz CT molecular complexity index is 403. The summed E-state index contributed by atoms with van der Waals surface area (Å²) in [6.45, 7) is 2.45. The Labute approximate surface area is 108 Å².